The van der Waals surface area contributed by atoms with Gasteiger partial charge in [-0.1, -0.05) is 12.1 Å². The van der Waals surface area contributed by atoms with Gasteiger partial charge in [0.15, 0.2) is 0 Å². The largest absolute Gasteiger partial charge is 0.497 e. The monoisotopic (exact) mass is 312 g/mol. The minimum Gasteiger partial charge on any atom is -0.497 e. The van der Waals surface area contributed by atoms with Gasteiger partial charge in [-0.2, -0.15) is 0 Å². The molecule has 0 saturated carbocycles. The van der Waals surface area contributed by atoms with Crippen molar-refractivity contribution in [3.05, 3.63) is 59.7 Å². The number of hydrogen-bond acceptors (Lipinski definition) is 3. The topological polar surface area (TPSA) is 32.8 Å². The summed E-state index contributed by atoms with van der Waals surface area (Å²) in [6, 6.07) is 15.5. The van der Waals surface area contributed by atoms with Crippen molar-refractivity contribution in [2.24, 2.45) is 0 Å². The van der Waals surface area contributed by atoms with E-state index in [4.69, 9.17) is 4.74 Å². The molecule has 0 N–H and O–H groups in total. The summed E-state index contributed by atoms with van der Waals surface area (Å²) in [5.74, 6) is 0.871. The van der Waals surface area contributed by atoms with Crippen LogP contribution in [0.2, 0.25) is 0 Å². The molecule has 0 saturated heterocycles. The number of carbonyl (C=O) groups is 1. The summed E-state index contributed by atoms with van der Waals surface area (Å²) in [6.07, 6.45) is 0. The summed E-state index contributed by atoms with van der Waals surface area (Å²) < 4.78 is 5.16. The summed E-state index contributed by atoms with van der Waals surface area (Å²) in [5.41, 5.74) is 2.89. The van der Waals surface area contributed by atoms with Crippen molar-refractivity contribution in [1.29, 1.82) is 0 Å². The number of methoxy groups -OCH3 is 1. The van der Waals surface area contributed by atoms with Crippen molar-refractivity contribution in [3.63, 3.8) is 0 Å². The number of amides is 1. The lowest BCUT2D eigenvalue weighted by Gasteiger charge is -2.22. The Morgan fingerprint density at radius 1 is 1.00 bits per heavy atom. The Morgan fingerprint density at radius 2 is 1.61 bits per heavy atom. The first-order valence-electron chi connectivity index (χ1n) is 7.74. The van der Waals surface area contributed by atoms with E-state index >= 15 is 0 Å². The van der Waals surface area contributed by atoms with Crippen molar-refractivity contribution in [2.45, 2.75) is 13.5 Å². The van der Waals surface area contributed by atoms with Crippen molar-refractivity contribution in [2.75, 3.05) is 32.6 Å². The zero-order chi connectivity index (χ0) is 16.8. The molecule has 0 aliphatic heterocycles. The molecule has 2 rings (SSSR count). The molecule has 1 amide bonds. The molecule has 0 spiro atoms. The average molecular weight is 312 g/mol. The van der Waals surface area contributed by atoms with Gasteiger partial charge in [0.25, 0.3) is 5.91 Å². The van der Waals surface area contributed by atoms with Crippen LogP contribution in [-0.2, 0) is 6.54 Å². The SMILES string of the molecule is CCN(Cc1ccc(OC)cc1)C(=O)c1ccc(N(C)C)cc1. The highest BCUT2D eigenvalue weighted by atomic mass is 16.5. The molecule has 0 radical (unpaired) electrons. The molecule has 23 heavy (non-hydrogen) atoms. The van der Waals surface area contributed by atoms with Crippen LogP contribution in [0.3, 0.4) is 0 Å². The third-order valence-corrected chi connectivity index (χ3v) is 3.83. The Labute approximate surface area is 138 Å². The molecule has 0 aliphatic carbocycles. The number of carbonyl (C=O) groups excluding carboxylic acids is 1. The summed E-state index contributed by atoms with van der Waals surface area (Å²) in [6.45, 7) is 3.25. The van der Waals surface area contributed by atoms with E-state index in [0.717, 1.165) is 17.0 Å². The second kappa shape index (κ2) is 7.68. The quantitative estimate of drug-likeness (QED) is 0.819. The van der Waals surface area contributed by atoms with Gasteiger partial charge in [0.05, 0.1) is 7.11 Å². The van der Waals surface area contributed by atoms with Crippen molar-refractivity contribution in [1.82, 2.24) is 4.90 Å². The maximum Gasteiger partial charge on any atom is 0.254 e. The number of ether oxygens (including phenoxy) is 1. The normalized spacial score (nSPS) is 10.3. The molecule has 0 bridgehead atoms. The van der Waals surface area contributed by atoms with Crippen LogP contribution < -0.4 is 9.64 Å². The van der Waals surface area contributed by atoms with Crippen LogP contribution in [0.5, 0.6) is 5.75 Å². The van der Waals surface area contributed by atoms with Crippen LogP contribution in [0.1, 0.15) is 22.8 Å². The molecule has 122 valence electrons. The molecular weight excluding hydrogens is 288 g/mol. The molecule has 4 nitrogen and oxygen atoms in total. The first kappa shape index (κ1) is 16.9. The number of hydrogen-bond donors (Lipinski definition) is 0. The number of rotatable bonds is 6. The van der Waals surface area contributed by atoms with Gasteiger partial charge >= 0.3 is 0 Å². The van der Waals surface area contributed by atoms with Gasteiger partial charge in [-0.3, -0.25) is 4.79 Å². The smallest absolute Gasteiger partial charge is 0.254 e. The highest BCUT2D eigenvalue weighted by molar-refractivity contribution is 5.94. The number of benzene rings is 2. The van der Waals surface area contributed by atoms with Crippen LogP contribution in [0, 0.1) is 0 Å². The van der Waals surface area contributed by atoms with E-state index in [1.807, 2.05) is 79.3 Å². The van der Waals surface area contributed by atoms with Crippen molar-refractivity contribution in [3.8, 4) is 5.75 Å². The summed E-state index contributed by atoms with van der Waals surface area (Å²) in [7, 11) is 5.62. The van der Waals surface area contributed by atoms with Gasteiger partial charge < -0.3 is 14.5 Å². The molecule has 2 aromatic carbocycles. The highest BCUT2D eigenvalue weighted by Gasteiger charge is 2.14. The molecule has 0 heterocycles. The van der Waals surface area contributed by atoms with E-state index in [1.54, 1.807) is 7.11 Å². The maximum absolute atomic E-state index is 12.7. The molecular formula is C19H24N2O2. The second-order valence-electron chi connectivity index (χ2n) is 5.61. The standard InChI is InChI=1S/C19H24N2O2/c1-5-21(14-15-6-12-18(23-4)13-7-15)19(22)16-8-10-17(11-9-16)20(2)3/h6-13H,5,14H2,1-4H3. The van der Waals surface area contributed by atoms with Crippen LogP contribution in [0.15, 0.2) is 48.5 Å². The van der Waals surface area contributed by atoms with E-state index in [2.05, 4.69) is 0 Å². The van der Waals surface area contributed by atoms with E-state index in [1.165, 1.54) is 0 Å². The minimum atomic E-state index is 0.0497. The maximum atomic E-state index is 12.7. The van der Waals surface area contributed by atoms with E-state index in [-0.39, 0.29) is 5.91 Å². The molecule has 2 aromatic rings. The van der Waals surface area contributed by atoms with Crippen LogP contribution in [0.25, 0.3) is 0 Å². The Hall–Kier alpha value is -2.49. The van der Waals surface area contributed by atoms with E-state index in [0.29, 0.717) is 18.7 Å². The third-order valence-electron chi connectivity index (χ3n) is 3.83. The molecule has 0 fully saturated rings. The van der Waals surface area contributed by atoms with Crippen molar-refractivity contribution >= 4 is 11.6 Å². The lowest BCUT2D eigenvalue weighted by atomic mass is 10.1. The van der Waals surface area contributed by atoms with Crippen molar-refractivity contribution < 1.29 is 9.53 Å². The molecule has 0 unspecified atom stereocenters. The highest BCUT2D eigenvalue weighted by Crippen LogP contribution is 2.17. The second-order valence-corrected chi connectivity index (χ2v) is 5.61. The zero-order valence-corrected chi connectivity index (χ0v) is 14.2. The Balaban J connectivity index is 2.10. The van der Waals surface area contributed by atoms with Crippen LogP contribution in [-0.4, -0.2) is 38.6 Å². The number of anilines is 1. The van der Waals surface area contributed by atoms with Gasteiger partial charge in [0.1, 0.15) is 5.75 Å². The van der Waals surface area contributed by atoms with Gasteiger partial charge in [-0.25, -0.2) is 0 Å². The predicted molar refractivity (Wildman–Crippen MR) is 94.2 cm³/mol. The van der Waals surface area contributed by atoms with E-state index < -0.39 is 0 Å². The van der Waals surface area contributed by atoms with Gasteiger partial charge in [0.2, 0.25) is 0 Å². The molecule has 0 aliphatic rings. The fraction of sp³-hybridized carbons (Fsp3) is 0.316. The molecule has 4 heteroatoms. The van der Waals surface area contributed by atoms with Gasteiger partial charge in [-0.15, -0.1) is 0 Å². The summed E-state index contributed by atoms with van der Waals surface area (Å²) in [5, 5.41) is 0. The average Bonchev–Trinajstić information content (AvgIpc) is 2.59. The van der Waals surface area contributed by atoms with Crippen LogP contribution >= 0.6 is 0 Å². The van der Waals surface area contributed by atoms with Crippen LogP contribution in [0.4, 0.5) is 5.69 Å². The fourth-order valence-electron chi connectivity index (χ4n) is 2.36. The lowest BCUT2D eigenvalue weighted by Crippen LogP contribution is -2.30. The molecule has 0 atom stereocenters. The Bertz CT molecular complexity index is 633. The van der Waals surface area contributed by atoms with Gasteiger partial charge in [-0.05, 0) is 48.9 Å². The summed E-state index contributed by atoms with van der Waals surface area (Å²) >= 11 is 0. The van der Waals surface area contributed by atoms with Gasteiger partial charge in [0, 0.05) is 38.4 Å². The summed E-state index contributed by atoms with van der Waals surface area (Å²) in [4.78, 5) is 16.5. The number of nitrogens with zero attached hydrogens (tertiary/aromatic N) is 2. The first-order valence-corrected chi connectivity index (χ1v) is 7.74. The Kier molecular flexibility index (Phi) is 5.63. The molecule has 0 aromatic heterocycles. The van der Waals surface area contributed by atoms with E-state index in [9.17, 15) is 4.79 Å². The zero-order valence-electron chi connectivity index (χ0n) is 14.2. The lowest BCUT2D eigenvalue weighted by molar-refractivity contribution is 0.0752. The third kappa shape index (κ3) is 4.25. The predicted octanol–water partition coefficient (Wildman–Crippen LogP) is 3.42. The minimum absolute atomic E-state index is 0.0497. The Morgan fingerprint density at radius 3 is 2.09 bits per heavy atom. The fourth-order valence-corrected chi connectivity index (χ4v) is 2.36. The first-order chi connectivity index (χ1) is 11.0.